The van der Waals surface area contributed by atoms with E-state index >= 15 is 0 Å². The number of rotatable bonds is 6. The van der Waals surface area contributed by atoms with Gasteiger partial charge in [0.15, 0.2) is 5.82 Å². The van der Waals surface area contributed by atoms with E-state index in [0.717, 1.165) is 11.5 Å². The van der Waals surface area contributed by atoms with Gasteiger partial charge in [0.2, 0.25) is 5.65 Å². The van der Waals surface area contributed by atoms with Crippen molar-refractivity contribution in [2.24, 2.45) is 0 Å². The highest BCUT2D eigenvalue weighted by Crippen LogP contribution is 2.22. The third-order valence-corrected chi connectivity index (χ3v) is 4.46. The summed E-state index contributed by atoms with van der Waals surface area (Å²) in [6, 6.07) is 8.49. The van der Waals surface area contributed by atoms with Gasteiger partial charge in [-0.3, -0.25) is 4.40 Å². The van der Waals surface area contributed by atoms with E-state index in [1.54, 1.807) is 12.5 Å². The number of hydrogen-bond donors (Lipinski definition) is 1. The Bertz CT molecular complexity index is 810. The minimum absolute atomic E-state index is 0.446. The lowest BCUT2D eigenvalue weighted by molar-refractivity contribution is 0.0456. The Labute approximate surface area is 140 Å². The van der Waals surface area contributed by atoms with E-state index in [1.165, 1.54) is 36.8 Å². The van der Waals surface area contributed by atoms with Crippen molar-refractivity contribution in [3.8, 4) is 0 Å². The minimum atomic E-state index is 0.446. The number of fused-ring (bicyclic) bond motifs is 1. The fraction of sp³-hybridized carbons (Fsp3) is 0.389. The minimum Gasteiger partial charge on any atom is -0.374 e. The second kappa shape index (κ2) is 6.97. The highest BCUT2D eigenvalue weighted by molar-refractivity contribution is 5.61. The number of ether oxygens (including phenoxy) is 1. The Balaban J connectivity index is 1.39. The van der Waals surface area contributed by atoms with Crippen molar-refractivity contribution in [3.63, 3.8) is 0 Å². The van der Waals surface area contributed by atoms with E-state index < -0.39 is 0 Å². The molecule has 3 aromatic rings. The molecule has 124 valence electrons. The van der Waals surface area contributed by atoms with Crippen molar-refractivity contribution in [2.75, 3.05) is 5.32 Å². The van der Waals surface area contributed by atoms with Crippen LogP contribution >= 0.6 is 0 Å². The van der Waals surface area contributed by atoms with E-state index in [2.05, 4.69) is 44.8 Å². The van der Waals surface area contributed by atoms with Gasteiger partial charge in [-0.05, 0) is 24.0 Å². The monoisotopic (exact) mass is 323 g/mol. The van der Waals surface area contributed by atoms with Gasteiger partial charge >= 0.3 is 0 Å². The van der Waals surface area contributed by atoms with Crippen LogP contribution in [0, 0.1) is 0 Å². The number of aromatic nitrogens is 4. The molecule has 1 saturated carbocycles. The van der Waals surface area contributed by atoms with Crippen LogP contribution in [0.15, 0.2) is 43.0 Å². The Hall–Kier alpha value is -2.47. The van der Waals surface area contributed by atoms with E-state index in [1.807, 2.05) is 10.6 Å². The normalized spacial score (nSPS) is 15.2. The third kappa shape index (κ3) is 3.38. The summed E-state index contributed by atoms with van der Waals surface area (Å²) in [6.07, 6.45) is 10.7. The molecule has 0 atom stereocenters. The average Bonchev–Trinajstić information content (AvgIpc) is 3.30. The number of nitrogens with one attached hydrogen (secondary N) is 1. The maximum atomic E-state index is 6.00. The summed E-state index contributed by atoms with van der Waals surface area (Å²) < 4.78 is 7.85. The van der Waals surface area contributed by atoms with Gasteiger partial charge in [-0.1, -0.05) is 37.1 Å². The Morgan fingerprint density at radius 2 is 2.08 bits per heavy atom. The molecule has 0 bridgehead atoms. The number of anilines is 1. The van der Waals surface area contributed by atoms with Gasteiger partial charge in [-0.25, -0.2) is 4.98 Å². The van der Waals surface area contributed by atoms with Crippen LogP contribution in [0.5, 0.6) is 0 Å². The quantitative estimate of drug-likeness (QED) is 0.755. The Kier molecular flexibility index (Phi) is 4.38. The van der Waals surface area contributed by atoms with Gasteiger partial charge in [0.25, 0.3) is 0 Å². The molecule has 1 N–H and O–H groups in total. The van der Waals surface area contributed by atoms with Gasteiger partial charge in [0.1, 0.15) is 6.33 Å². The van der Waals surface area contributed by atoms with E-state index in [0.29, 0.717) is 19.3 Å². The largest absolute Gasteiger partial charge is 0.374 e. The highest BCUT2D eigenvalue weighted by atomic mass is 16.5. The zero-order valence-corrected chi connectivity index (χ0v) is 13.6. The summed E-state index contributed by atoms with van der Waals surface area (Å²) in [4.78, 5) is 4.35. The first-order valence-electron chi connectivity index (χ1n) is 8.46. The third-order valence-electron chi connectivity index (χ3n) is 4.46. The van der Waals surface area contributed by atoms with Gasteiger partial charge < -0.3 is 10.1 Å². The standard InChI is InChI=1S/C18H21N5O/c1-2-7-16(6-1)24-12-15-5-3-4-14(10-15)11-20-17-18-22-21-13-23(18)9-8-19-17/h3-5,8-10,13,16H,1-2,6-7,11-12H2,(H,19,20). The van der Waals surface area contributed by atoms with Gasteiger partial charge in [0.05, 0.1) is 12.7 Å². The molecule has 2 heterocycles. The molecular weight excluding hydrogens is 302 g/mol. The van der Waals surface area contributed by atoms with Gasteiger partial charge in [-0.15, -0.1) is 10.2 Å². The molecule has 24 heavy (non-hydrogen) atoms. The van der Waals surface area contributed by atoms with Crippen molar-refractivity contribution in [3.05, 3.63) is 54.1 Å². The van der Waals surface area contributed by atoms with Crippen LogP contribution in [0.1, 0.15) is 36.8 Å². The van der Waals surface area contributed by atoms with Crippen LogP contribution in [0.4, 0.5) is 5.82 Å². The van der Waals surface area contributed by atoms with Crippen molar-refractivity contribution in [2.45, 2.75) is 44.9 Å². The van der Waals surface area contributed by atoms with Crippen LogP contribution in [-0.2, 0) is 17.9 Å². The summed E-state index contributed by atoms with van der Waals surface area (Å²) in [5, 5.41) is 11.3. The van der Waals surface area contributed by atoms with E-state index in [-0.39, 0.29) is 0 Å². The SMILES string of the molecule is c1cc(CNc2nccn3cnnc23)cc(COC2CCCC2)c1. The number of nitrogens with zero attached hydrogens (tertiary/aromatic N) is 4. The predicted octanol–water partition coefficient (Wildman–Crippen LogP) is 3.20. The highest BCUT2D eigenvalue weighted by Gasteiger charge is 2.15. The summed E-state index contributed by atoms with van der Waals surface area (Å²) in [7, 11) is 0. The summed E-state index contributed by atoms with van der Waals surface area (Å²) in [5.74, 6) is 0.739. The van der Waals surface area contributed by atoms with Gasteiger partial charge in [-0.2, -0.15) is 0 Å². The molecular formula is C18H21N5O. The summed E-state index contributed by atoms with van der Waals surface area (Å²) >= 11 is 0. The van der Waals surface area contributed by atoms with Crippen molar-refractivity contribution in [1.82, 2.24) is 19.6 Å². The van der Waals surface area contributed by atoms with Crippen LogP contribution in [0.2, 0.25) is 0 Å². The van der Waals surface area contributed by atoms with E-state index in [4.69, 9.17) is 4.74 Å². The Morgan fingerprint density at radius 1 is 1.21 bits per heavy atom. The molecule has 0 unspecified atom stereocenters. The van der Waals surface area contributed by atoms with E-state index in [9.17, 15) is 0 Å². The number of benzene rings is 1. The second-order valence-corrected chi connectivity index (χ2v) is 6.23. The lowest BCUT2D eigenvalue weighted by Gasteiger charge is -2.12. The zero-order valence-electron chi connectivity index (χ0n) is 13.6. The maximum Gasteiger partial charge on any atom is 0.203 e. The second-order valence-electron chi connectivity index (χ2n) is 6.23. The van der Waals surface area contributed by atoms with Crippen LogP contribution in [0.25, 0.3) is 5.65 Å². The molecule has 1 fully saturated rings. The first-order chi connectivity index (χ1) is 11.9. The zero-order chi connectivity index (χ0) is 16.2. The molecule has 1 aliphatic carbocycles. The fourth-order valence-corrected chi connectivity index (χ4v) is 3.17. The fourth-order valence-electron chi connectivity index (χ4n) is 3.17. The Morgan fingerprint density at radius 3 is 3.00 bits per heavy atom. The predicted molar refractivity (Wildman–Crippen MR) is 91.6 cm³/mol. The molecule has 6 heteroatoms. The van der Waals surface area contributed by atoms with Crippen LogP contribution < -0.4 is 5.32 Å². The topological polar surface area (TPSA) is 64.3 Å². The molecule has 1 aliphatic rings. The molecule has 0 radical (unpaired) electrons. The average molecular weight is 323 g/mol. The smallest absolute Gasteiger partial charge is 0.203 e. The molecule has 6 nitrogen and oxygen atoms in total. The van der Waals surface area contributed by atoms with Crippen molar-refractivity contribution < 1.29 is 4.74 Å². The van der Waals surface area contributed by atoms with Crippen molar-refractivity contribution in [1.29, 1.82) is 0 Å². The lowest BCUT2D eigenvalue weighted by Crippen LogP contribution is -2.08. The summed E-state index contributed by atoms with van der Waals surface area (Å²) in [5.41, 5.74) is 3.15. The molecule has 0 amide bonds. The van der Waals surface area contributed by atoms with Crippen molar-refractivity contribution >= 4 is 11.5 Å². The molecule has 0 aliphatic heterocycles. The van der Waals surface area contributed by atoms with Crippen LogP contribution in [0.3, 0.4) is 0 Å². The first-order valence-corrected chi connectivity index (χ1v) is 8.46. The lowest BCUT2D eigenvalue weighted by atomic mass is 10.1. The molecule has 1 aromatic carbocycles. The molecule has 0 spiro atoms. The number of hydrogen-bond acceptors (Lipinski definition) is 5. The first kappa shape index (κ1) is 15.1. The maximum absolute atomic E-state index is 6.00. The van der Waals surface area contributed by atoms with Crippen LogP contribution in [-0.4, -0.2) is 25.7 Å². The molecule has 2 aromatic heterocycles. The molecule has 0 saturated heterocycles. The summed E-state index contributed by atoms with van der Waals surface area (Å²) in [6.45, 7) is 1.38. The molecule has 4 rings (SSSR count). The van der Waals surface area contributed by atoms with Gasteiger partial charge in [0, 0.05) is 18.9 Å².